The average molecular weight is 379 g/mol. The highest BCUT2D eigenvalue weighted by atomic mass is 15.1. The Hall–Kier alpha value is -3.02. The van der Waals surface area contributed by atoms with Crippen molar-refractivity contribution in [1.82, 2.24) is 0 Å². The van der Waals surface area contributed by atoms with Crippen molar-refractivity contribution in [2.75, 3.05) is 0 Å². The zero-order valence-electron chi connectivity index (χ0n) is 16.7. The lowest BCUT2D eigenvalue weighted by atomic mass is 10.2. The lowest BCUT2D eigenvalue weighted by Crippen LogP contribution is -2.19. The van der Waals surface area contributed by atoms with Crippen molar-refractivity contribution >= 4 is 11.7 Å². The predicted octanol–water partition coefficient (Wildman–Crippen LogP) is 4.11. The van der Waals surface area contributed by atoms with E-state index < -0.39 is 0 Å². The number of azo groups is 1. The third-order valence-electron chi connectivity index (χ3n) is 4.09. The second kappa shape index (κ2) is 11.6. The first-order valence-corrected chi connectivity index (χ1v) is 9.58. The summed E-state index contributed by atoms with van der Waals surface area (Å²) in [6.45, 7) is 5.13. The molecule has 2 unspecified atom stereocenters. The van der Waals surface area contributed by atoms with Crippen molar-refractivity contribution in [3.63, 3.8) is 0 Å². The van der Waals surface area contributed by atoms with Gasteiger partial charge in [-0.05, 0) is 25.0 Å². The Morgan fingerprint density at radius 2 is 1.04 bits per heavy atom. The van der Waals surface area contributed by atoms with E-state index in [1.54, 1.807) is 0 Å². The lowest BCUT2D eigenvalue weighted by Gasteiger charge is -2.08. The van der Waals surface area contributed by atoms with Gasteiger partial charge < -0.3 is 11.5 Å². The molecule has 2 atom stereocenters. The van der Waals surface area contributed by atoms with Crippen molar-refractivity contribution in [2.24, 2.45) is 31.7 Å². The third kappa shape index (κ3) is 8.58. The Morgan fingerprint density at radius 1 is 0.679 bits per heavy atom. The van der Waals surface area contributed by atoms with E-state index in [1.807, 2.05) is 74.5 Å². The smallest absolute Gasteiger partial charge is 0.0963 e. The van der Waals surface area contributed by atoms with Crippen LogP contribution in [0.25, 0.3) is 0 Å². The number of benzene rings is 2. The van der Waals surface area contributed by atoms with Crippen LogP contribution in [-0.4, -0.2) is 23.8 Å². The van der Waals surface area contributed by atoms with Crippen molar-refractivity contribution < 1.29 is 0 Å². The zero-order valence-corrected chi connectivity index (χ0v) is 16.7. The van der Waals surface area contributed by atoms with Crippen LogP contribution in [0.4, 0.5) is 0 Å². The molecule has 2 aromatic carbocycles. The van der Waals surface area contributed by atoms with Crippen molar-refractivity contribution in [2.45, 2.75) is 51.9 Å². The Morgan fingerprint density at radius 3 is 1.39 bits per heavy atom. The number of nitrogens with zero attached hydrogens (tertiary/aromatic N) is 4. The number of hydrogen-bond donors (Lipinski definition) is 2. The van der Waals surface area contributed by atoms with Gasteiger partial charge in [0, 0.05) is 12.8 Å². The summed E-state index contributed by atoms with van der Waals surface area (Å²) in [6, 6.07) is 20.0. The SMILES string of the molecule is CC(CC(N)=NCc1ccccc1)N=NC(C)CC(N)=NCc1ccccc1. The minimum absolute atomic E-state index is 0.0237. The van der Waals surface area contributed by atoms with Gasteiger partial charge in [0.2, 0.25) is 0 Å². The van der Waals surface area contributed by atoms with E-state index in [-0.39, 0.29) is 12.1 Å². The Kier molecular flexibility index (Phi) is 8.85. The first kappa shape index (κ1) is 21.3. The quantitative estimate of drug-likeness (QED) is 0.369. The second-order valence-electron chi connectivity index (χ2n) is 6.92. The van der Waals surface area contributed by atoms with E-state index in [4.69, 9.17) is 11.5 Å². The van der Waals surface area contributed by atoms with Gasteiger partial charge >= 0.3 is 0 Å². The minimum atomic E-state index is -0.0237. The van der Waals surface area contributed by atoms with Crippen LogP contribution in [0.1, 0.15) is 37.8 Å². The molecule has 0 saturated carbocycles. The fraction of sp³-hybridized carbons (Fsp3) is 0.364. The molecule has 6 heteroatoms. The van der Waals surface area contributed by atoms with Crippen LogP contribution in [0.5, 0.6) is 0 Å². The van der Waals surface area contributed by atoms with E-state index in [0.29, 0.717) is 37.6 Å². The summed E-state index contributed by atoms with van der Waals surface area (Å²) in [4.78, 5) is 8.83. The van der Waals surface area contributed by atoms with Crippen LogP contribution in [-0.2, 0) is 13.1 Å². The van der Waals surface area contributed by atoms with Gasteiger partial charge in [-0.1, -0.05) is 60.7 Å². The van der Waals surface area contributed by atoms with Gasteiger partial charge in [0.15, 0.2) is 0 Å². The van der Waals surface area contributed by atoms with Crippen LogP contribution in [0.15, 0.2) is 80.9 Å². The molecule has 0 spiro atoms. The van der Waals surface area contributed by atoms with Crippen molar-refractivity contribution in [3.05, 3.63) is 71.8 Å². The fourth-order valence-electron chi connectivity index (χ4n) is 2.60. The van der Waals surface area contributed by atoms with Crippen LogP contribution in [0.2, 0.25) is 0 Å². The Balaban J connectivity index is 1.75. The van der Waals surface area contributed by atoms with Crippen molar-refractivity contribution in [1.29, 1.82) is 0 Å². The molecule has 0 heterocycles. The van der Waals surface area contributed by atoms with Gasteiger partial charge in [-0.25, -0.2) is 0 Å². The van der Waals surface area contributed by atoms with Gasteiger partial charge in [-0.3, -0.25) is 9.98 Å². The van der Waals surface area contributed by atoms with Crippen LogP contribution in [0.3, 0.4) is 0 Å². The van der Waals surface area contributed by atoms with Gasteiger partial charge in [-0.15, -0.1) is 0 Å². The van der Waals surface area contributed by atoms with Gasteiger partial charge in [0.25, 0.3) is 0 Å². The zero-order chi connectivity index (χ0) is 20.2. The number of amidine groups is 2. The van der Waals surface area contributed by atoms with Gasteiger partial charge in [0.1, 0.15) is 0 Å². The molecule has 2 aromatic rings. The van der Waals surface area contributed by atoms with Gasteiger partial charge in [0.05, 0.1) is 36.8 Å². The Labute approximate surface area is 167 Å². The van der Waals surface area contributed by atoms with Crippen LogP contribution >= 0.6 is 0 Å². The molecule has 6 nitrogen and oxygen atoms in total. The molecule has 0 aliphatic rings. The van der Waals surface area contributed by atoms with E-state index >= 15 is 0 Å². The second-order valence-corrected chi connectivity index (χ2v) is 6.92. The van der Waals surface area contributed by atoms with Crippen molar-refractivity contribution in [3.8, 4) is 0 Å². The highest BCUT2D eigenvalue weighted by molar-refractivity contribution is 5.81. The monoisotopic (exact) mass is 378 g/mol. The highest BCUT2D eigenvalue weighted by Gasteiger charge is 2.06. The van der Waals surface area contributed by atoms with E-state index in [1.165, 1.54) is 0 Å². The number of rotatable bonds is 10. The first-order valence-electron chi connectivity index (χ1n) is 9.58. The molecule has 148 valence electrons. The number of hydrogen-bond acceptors (Lipinski definition) is 4. The summed E-state index contributed by atoms with van der Waals surface area (Å²) < 4.78 is 0. The summed E-state index contributed by atoms with van der Waals surface area (Å²) >= 11 is 0. The topological polar surface area (TPSA) is 101 Å². The number of aliphatic imine (C=N–C) groups is 2. The summed E-state index contributed by atoms with van der Waals surface area (Å²) in [7, 11) is 0. The molecule has 0 saturated heterocycles. The molecule has 0 fully saturated rings. The van der Waals surface area contributed by atoms with Crippen LogP contribution in [0, 0.1) is 0 Å². The first-order chi connectivity index (χ1) is 13.5. The minimum Gasteiger partial charge on any atom is -0.387 e. The number of nitrogens with two attached hydrogens (primary N) is 2. The molecule has 0 radical (unpaired) electrons. The molecule has 0 amide bonds. The lowest BCUT2D eigenvalue weighted by molar-refractivity contribution is 0.636. The predicted molar refractivity (Wildman–Crippen MR) is 117 cm³/mol. The normalized spacial score (nSPS) is 14.9. The molecule has 0 aliphatic carbocycles. The summed E-state index contributed by atoms with van der Waals surface area (Å²) in [5, 5.41) is 8.69. The molecule has 0 bridgehead atoms. The fourth-order valence-corrected chi connectivity index (χ4v) is 2.60. The largest absolute Gasteiger partial charge is 0.387 e. The average Bonchev–Trinajstić information content (AvgIpc) is 2.71. The maximum atomic E-state index is 6.01. The molecule has 28 heavy (non-hydrogen) atoms. The van der Waals surface area contributed by atoms with Gasteiger partial charge in [-0.2, -0.15) is 10.2 Å². The Bertz CT molecular complexity index is 716. The standard InChI is InChI=1S/C22H30N6/c1-17(13-21(23)25-15-19-9-5-3-6-10-19)27-28-18(2)14-22(24)26-16-20-11-7-4-8-12-20/h3-12,17-18H,13-16H2,1-2H3,(H2,23,25)(H2,24,26). The third-order valence-corrected chi connectivity index (χ3v) is 4.09. The van der Waals surface area contributed by atoms with E-state index in [2.05, 4.69) is 20.2 Å². The molecule has 2 rings (SSSR count). The summed E-state index contributed by atoms with van der Waals surface area (Å²) in [5.74, 6) is 1.18. The molecular weight excluding hydrogens is 348 g/mol. The maximum absolute atomic E-state index is 6.01. The summed E-state index contributed by atoms with van der Waals surface area (Å²) in [6.07, 6.45) is 1.17. The molecule has 0 aromatic heterocycles. The maximum Gasteiger partial charge on any atom is 0.0963 e. The molecule has 0 aliphatic heterocycles. The summed E-state index contributed by atoms with van der Waals surface area (Å²) in [5.41, 5.74) is 14.3. The van der Waals surface area contributed by atoms with E-state index in [0.717, 1.165) is 11.1 Å². The van der Waals surface area contributed by atoms with Crippen LogP contribution < -0.4 is 11.5 Å². The molecular formula is C22H30N6. The van der Waals surface area contributed by atoms with E-state index in [9.17, 15) is 0 Å². The molecule has 4 N–H and O–H groups in total. The highest BCUT2D eigenvalue weighted by Crippen LogP contribution is 2.06.